The largest absolute Gasteiger partial charge is 0.488 e. The summed E-state index contributed by atoms with van der Waals surface area (Å²) in [5, 5.41) is 9.68. The molecule has 2 heterocycles. The van der Waals surface area contributed by atoms with Crippen LogP contribution in [0.3, 0.4) is 0 Å². The fourth-order valence-corrected chi connectivity index (χ4v) is 6.60. The molecule has 1 aliphatic rings. The lowest BCUT2D eigenvalue weighted by molar-refractivity contribution is 0.0387. The average Bonchev–Trinajstić information content (AvgIpc) is 3.38. The first-order valence-electron chi connectivity index (χ1n) is 12.6. The van der Waals surface area contributed by atoms with E-state index in [0.717, 1.165) is 0 Å². The minimum absolute atomic E-state index is 0.0125. The number of aliphatic hydroxyl groups is 1. The molecule has 216 valence electrons. The molecule has 1 aliphatic heterocycles. The van der Waals surface area contributed by atoms with Crippen molar-refractivity contribution in [3.63, 3.8) is 0 Å². The van der Waals surface area contributed by atoms with E-state index in [2.05, 4.69) is 9.71 Å². The van der Waals surface area contributed by atoms with E-state index in [9.17, 15) is 26.7 Å². The molecule has 0 saturated carbocycles. The number of hydrogen-bond donors (Lipinski definition) is 2. The van der Waals surface area contributed by atoms with Crippen LogP contribution < -0.4 is 9.46 Å². The molecular weight excluding hydrogens is 558 g/mol. The highest BCUT2D eigenvalue weighted by Gasteiger charge is 2.35. The Hall–Kier alpha value is -3.46. The molecule has 40 heavy (non-hydrogen) atoms. The summed E-state index contributed by atoms with van der Waals surface area (Å²) in [4.78, 5) is 19.1. The summed E-state index contributed by atoms with van der Waals surface area (Å²) in [6.45, 7) is 3.41. The number of aromatic nitrogens is 2. The number of imidazole rings is 1. The van der Waals surface area contributed by atoms with Crippen molar-refractivity contribution in [1.82, 2.24) is 18.8 Å². The number of likely N-dealkylation sites (N-methyl/N-ethyl adjacent to an activating group) is 1. The molecule has 3 aromatic rings. The molecule has 0 bridgehead atoms. The first-order valence-corrected chi connectivity index (χ1v) is 15.5. The molecule has 12 nitrogen and oxygen atoms in total. The third-order valence-corrected chi connectivity index (χ3v) is 9.87. The van der Waals surface area contributed by atoms with Gasteiger partial charge in [-0.3, -0.25) is 9.52 Å². The Labute approximate surface area is 234 Å². The molecule has 0 radical (unpaired) electrons. The van der Waals surface area contributed by atoms with Gasteiger partial charge in [0.1, 0.15) is 11.9 Å². The summed E-state index contributed by atoms with van der Waals surface area (Å²) in [7, 11) is -4.73. The molecule has 1 aromatic heterocycles. The number of hydrogen-bond acceptors (Lipinski definition) is 8. The molecule has 2 N–H and O–H groups in total. The normalized spacial score (nSPS) is 18.9. The van der Waals surface area contributed by atoms with Gasteiger partial charge >= 0.3 is 0 Å². The second kappa shape index (κ2) is 11.6. The Balaban J connectivity index is 1.68. The van der Waals surface area contributed by atoms with E-state index in [1.165, 1.54) is 63.7 Å². The van der Waals surface area contributed by atoms with Crippen molar-refractivity contribution in [2.24, 2.45) is 13.0 Å². The first-order chi connectivity index (χ1) is 18.8. The molecule has 0 saturated heterocycles. The number of sulfonamides is 2. The zero-order valence-corrected chi connectivity index (χ0v) is 24.3. The van der Waals surface area contributed by atoms with Crippen molar-refractivity contribution in [3.05, 3.63) is 66.6 Å². The van der Waals surface area contributed by atoms with Gasteiger partial charge in [-0.05, 0) is 37.3 Å². The van der Waals surface area contributed by atoms with Crippen molar-refractivity contribution >= 4 is 31.6 Å². The van der Waals surface area contributed by atoms with Gasteiger partial charge in [0.2, 0.25) is 10.0 Å². The Morgan fingerprint density at radius 1 is 1.18 bits per heavy atom. The van der Waals surface area contributed by atoms with E-state index in [-0.39, 0.29) is 52.5 Å². The highest BCUT2D eigenvalue weighted by Crippen LogP contribution is 2.31. The van der Waals surface area contributed by atoms with Crippen LogP contribution in [0.25, 0.3) is 0 Å². The summed E-state index contributed by atoms with van der Waals surface area (Å²) in [5.41, 5.74) is 0.193. The van der Waals surface area contributed by atoms with Crippen LogP contribution in [0, 0.1) is 5.92 Å². The van der Waals surface area contributed by atoms with Gasteiger partial charge in [-0.25, -0.2) is 13.4 Å². The molecule has 0 fully saturated rings. The van der Waals surface area contributed by atoms with Crippen LogP contribution in [-0.2, 0) is 27.1 Å². The molecule has 3 atom stereocenters. The van der Waals surface area contributed by atoms with E-state index < -0.39 is 38.1 Å². The fraction of sp³-hybridized carbons (Fsp3) is 0.385. The topological polar surface area (TPSA) is 151 Å². The number of nitrogens with one attached hydrogen (secondary N) is 1. The lowest BCUT2D eigenvalue weighted by Gasteiger charge is -2.38. The van der Waals surface area contributed by atoms with E-state index in [1.807, 2.05) is 6.92 Å². The second-order valence-electron chi connectivity index (χ2n) is 9.92. The van der Waals surface area contributed by atoms with Crippen molar-refractivity contribution < 1.29 is 31.5 Å². The zero-order valence-electron chi connectivity index (χ0n) is 22.6. The van der Waals surface area contributed by atoms with Gasteiger partial charge in [0.25, 0.3) is 15.9 Å². The number of nitrogens with zero attached hydrogens (tertiary/aromatic N) is 4. The van der Waals surface area contributed by atoms with Crippen LogP contribution >= 0.6 is 0 Å². The van der Waals surface area contributed by atoms with Crippen LogP contribution in [0.2, 0.25) is 0 Å². The Bertz CT molecular complexity index is 1580. The lowest BCUT2D eigenvalue weighted by Crippen LogP contribution is -2.50. The van der Waals surface area contributed by atoms with Gasteiger partial charge in [-0.1, -0.05) is 25.1 Å². The van der Waals surface area contributed by atoms with Crippen molar-refractivity contribution in [3.8, 4) is 5.75 Å². The minimum Gasteiger partial charge on any atom is -0.488 e. The predicted molar refractivity (Wildman–Crippen MR) is 148 cm³/mol. The monoisotopic (exact) mass is 591 g/mol. The third kappa shape index (κ3) is 6.14. The van der Waals surface area contributed by atoms with Gasteiger partial charge in [-0.15, -0.1) is 0 Å². The van der Waals surface area contributed by atoms with Crippen molar-refractivity contribution in [2.75, 3.05) is 31.5 Å². The number of amides is 1. The molecule has 0 aliphatic carbocycles. The average molecular weight is 592 g/mol. The number of aliphatic hydroxyl groups excluding tert-OH is 1. The number of aryl methyl sites for hydroxylation is 1. The van der Waals surface area contributed by atoms with E-state index in [1.54, 1.807) is 32.2 Å². The maximum absolute atomic E-state index is 13.6. The Morgan fingerprint density at radius 3 is 2.50 bits per heavy atom. The van der Waals surface area contributed by atoms with Crippen LogP contribution in [0.4, 0.5) is 5.69 Å². The standard InChI is InChI=1S/C26H33N5O7S2/c1-18-13-31(19(2)16-32)26(33)22-12-20(28-39(34,35)25-15-29(3)17-27-25)10-11-23(22)38-24(18)14-30(4)40(36,37)21-8-6-5-7-9-21/h5-12,15,17-19,24,28,32H,13-14,16H2,1-4H3/t18-,19-,24-/m1/s1. The quantitative estimate of drug-likeness (QED) is 0.382. The smallest absolute Gasteiger partial charge is 0.280 e. The van der Waals surface area contributed by atoms with Crippen LogP contribution in [0.1, 0.15) is 24.2 Å². The molecule has 2 aromatic carbocycles. The highest BCUT2D eigenvalue weighted by atomic mass is 32.2. The zero-order chi connectivity index (χ0) is 29.2. The van der Waals surface area contributed by atoms with Gasteiger partial charge in [0.05, 0.1) is 36.0 Å². The van der Waals surface area contributed by atoms with Crippen LogP contribution in [0.5, 0.6) is 5.75 Å². The number of carbonyl (C=O) groups excluding carboxylic acids is 1. The molecule has 0 unspecified atom stereocenters. The Morgan fingerprint density at radius 2 is 1.88 bits per heavy atom. The number of carbonyl (C=O) groups is 1. The summed E-state index contributed by atoms with van der Waals surface area (Å²) in [6.07, 6.45) is 2.04. The summed E-state index contributed by atoms with van der Waals surface area (Å²) < 4.78 is 63.4. The molecule has 0 spiro atoms. The molecule has 4 rings (SSSR count). The van der Waals surface area contributed by atoms with Gasteiger partial charge in [0, 0.05) is 38.4 Å². The van der Waals surface area contributed by atoms with Crippen LogP contribution in [0.15, 0.2) is 71.0 Å². The number of rotatable bonds is 9. The number of anilines is 1. The minimum atomic E-state index is -4.03. The van der Waals surface area contributed by atoms with Crippen molar-refractivity contribution in [2.45, 2.75) is 35.9 Å². The maximum atomic E-state index is 13.6. The van der Waals surface area contributed by atoms with Gasteiger partial charge in [-0.2, -0.15) is 12.7 Å². The fourth-order valence-electron chi connectivity index (χ4n) is 4.36. The summed E-state index contributed by atoms with van der Waals surface area (Å²) in [6, 6.07) is 11.8. The lowest BCUT2D eigenvalue weighted by atomic mass is 9.99. The maximum Gasteiger partial charge on any atom is 0.280 e. The second-order valence-corrected chi connectivity index (χ2v) is 13.6. The van der Waals surface area contributed by atoms with Crippen molar-refractivity contribution in [1.29, 1.82) is 0 Å². The third-order valence-electron chi connectivity index (χ3n) is 6.76. The van der Waals surface area contributed by atoms with Crippen LogP contribution in [-0.4, -0.2) is 85.5 Å². The van der Waals surface area contributed by atoms with E-state index >= 15 is 0 Å². The summed E-state index contributed by atoms with van der Waals surface area (Å²) in [5.74, 6) is -0.601. The molecule has 14 heteroatoms. The molecule has 1 amide bonds. The SMILES string of the molecule is C[C@@H]1CN([C@H](C)CO)C(=O)c2cc(NS(=O)(=O)c3cn(C)cn3)ccc2O[C@@H]1CN(C)S(=O)(=O)c1ccccc1. The predicted octanol–water partition coefficient (Wildman–Crippen LogP) is 1.76. The number of fused-ring (bicyclic) bond motifs is 1. The van der Waals surface area contributed by atoms with Gasteiger partial charge < -0.3 is 19.3 Å². The highest BCUT2D eigenvalue weighted by molar-refractivity contribution is 7.92. The number of ether oxygens (including phenoxy) is 1. The van der Waals surface area contributed by atoms with Gasteiger partial charge in [0.15, 0.2) is 5.03 Å². The van der Waals surface area contributed by atoms with E-state index in [4.69, 9.17) is 4.74 Å². The Kier molecular flexibility index (Phi) is 8.54. The first kappa shape index (κ1) is 29.5. The summed E-state index contributed by atoms with van der Waals surface area (Å²) >= 11 is 0. The van der Waals surface area contributed by atoms with E-state index in [0.29, 0.717) is 0 Å². The number of benzene rings is 2. The molecular formula is C26H33N5O7S2.